The third kappa shape index (κ3) is 5.14. The molecule has 8 rings (SSSR count). The largest absolute Gasteiger partial charge is 0.490 e. The molecule has 2 saturated carbocycles. The summed E-state index contributed by atoms with van der Waals surface area (Å²) in [7, 11) is 0. The second-order valence-corrected chi connectivity index (χ2v) is 15.4. The lowest BCUT2D eigenvalue weighted by molar-refractivity contribution is -0.123. The molecule has 3 amide bonds. The number of thioether (sulfide) groups is 1. The van der Waals surface area contributed by atoms with Gasteiger partial charge in [0.2, 0.25) is 11.8 Å². The minimum absolute atomic E-state index is 0.00341. The third-order valence-electron chi connectivity index (χ3n) is 10.1. The monoisotopic (exact) mass is 701 g/mol. The number of halogens is 1. The second-order valence-electron chi connectivity index (χ2n) is 12.8. The molecule has 9 nitrogen and oxygen atoms in total. The van der Waals surface area contributed by atoms with Crippen LogP contribution in [0.15, 0.2) is 76.6 Å². The number of nitrogens with one attached hydrogen (secondary N) is 2. The molecule has 246 valence electrons. The summed E-state index contributed by atoms with van der Waals surface area (Å²) in [6, 6.07) is 20.1. The number of aromatic amines is 1. The first-order valence-corrected chi connectivity index (χ1v) is 18.1. The highest BCUT2D eigenvalue weighted by molar-refractivity contribution is 8.00. The van der Waals surface area contributed by atoms with Crippen molar-refractivity contribution in [2.75, 3.05) is 23.4 Å². The fourth-order valence-corrected chi connectivity index (χ4v) is 11.4. The van der Waals surface area contributed by atoms with Crippen molar-refractivity contribution >= 4 is 63.8 Å². The van der Waals surface area contributed by atoms with Crippen molar-refractivity contribution in [3.63, 3.8) is 0 Å². The Hall–Kier alpha value is -4.06. The molecule has 2 bridgehead atoms. The first-order chi connectivity index (χ1) is 23.2. The van der Waals surface area contributed by atoms with E-state index in [1.165, 1.54) is 16.2 Å². The lowest BCUT2D eigenvalue weighted by atomic mass is 9.68. The molecule has 2 N–H and O–H groups in total. The van der Waals surface area contributed by atoms with Gasteiger partial charge in [0.05, 0.1) is 29.2 Å². The Balaban J connectivity index is 1.10. The minimum atomic E-state index is -0.416. The maximum Gasteiger partial charge on any atom is 0.305 e. The molecule has 48 heavy (non-hydrogen) atoms. The molecule has 3 fully saturated rings. The molecule has 4 aromatic rings. The van der Waals surface area contributed by atoms with Crippen LogP contribution in [0.5, 0.6) is 11.5 Å². The Kier molecular flexibility index (Phi) is 7.88. The van der Waals surface area contributed by atoms with Gasteiger partial charge in [-0.3, -0.25) is 24.1 Å². The lowest BCUT2D eigenvalue weighted by Crippen LogP contribution is -2.42. The van der Waals surface area contributed by atoms with E-state index in [9.17, 15) is 19.2 Å². The molecular weight excluding hydrogens is 670 g/mol. The average molecular weight is 702 g/mol. The first-order valence-electron chi connectivity index (χ1n) is 16.0. The van der Waals surface area contributed by atoms with Crippen molar-refractivity contribution in [1.82, 2.24) is 4.98 Å². The Morgan fingerprint density at radius 3 is 2.50 bits per heavy atom. The highest BCUT2D eigenvalue weighted by Crippen LogP contribution is 2.68. The number of ether oxygens (including phenoxy) is 2. The standard InChI is InChI=1S/C36H32ClN3O6S2/c1-3-45-25-14-18(7-12-24(25)46-16-26(41)38-20-6-4-5-17(2)13-20)27-28-22-15-23(31(28)47-33-32(27)48-36(44)39-33)30-29(22)34(42)40(35(30)43)21-10-8-19(37)9-11-21/h4-14,22-23,27-31H,3,15-16H2,1-2H3,(H,38,41)(H,39,44)/t22-,23-,27-,28?,29?,30?,31?/m1/s1. The van der Waals surface area contributed by atoms with Crippen LogP contribution in [0.3, 0.4) is 0 Å². The van der Waals surface area contributed by atoms with Crippen molar-refractivity contribution < 1.29 is 23.9 Å². The topological polar surface area (TPSA) is 118 Å². The summed E-state index contributed by atoms with van der Waals surface area (Å²) in [4.78, 5) is 58.6. The van der Waals surface area contributed by atoms with Gasteiger partial charge in [-0.1, -0.05) is 41.1 Å². The number of nitrogens with zero attached hydrogens (tertiary/aromatic N) is 1. The van der Waals surface area contributed by atoms with Gasteiger partial charge in [0.25, 0.3) is 5.91 Å². The number of hydrogen-bond donors (Lipinski definition) is 2. The van der Waals surface area contributed by atoms with E-state index in [1.807, 2.05) is 56.3 Å². The van der Waals surface area contributed by atoms with E-state index in [1.54, 1.807) is 36.0 Å². The number of aromatic nitrogens is 1. The number of hydrogen-bond acceptors (Lipinski definition) is 8. The maximum absolute atomic E-state index is 14.0. The zero-order valence-corrected chi connectivity index (χ0v) is 28.5. The Labute approximate surface area is 290 Å². The number of H-pyrrole nitrogens is 1. The highest BCUT2D eigenvalue weighted by Gasteiger charge is 2.69. The molecule has 3 aromatic carbocycles. The Bertz CT molecular complexity index is 2010. The van der Waals surface area contributed by atoms with Crippen LogP contribution >= 0.6 is 34.7 Å². The summed E-state index contributed by atoms with van der Waals surface area (Å²) in [5.41, 5.74) is 3.22. The zero-order valence-electron chi connectivity index (χ0n) is 26.1. The van der Waals surface area contributed by atoms with Crippen molar-refractivity contribution in [1.29, 1.82) is 0 Å². The van der Waals surface area contributed by atoms with E-state index in [0.29, 0.717) is 34.5 Å². The number of fused-ring (bicyclic) bond motifs is 9. The summed E-state index contributed by atoms with van der Waals surface area (Å²) in [6.07, 6.45) is 0.787. The van der Waals surface area contributed by atoms with Crippen molar-refractivity contribution in [3.8, 4) is 11.5 Å². The predicted octanol–water partition coefficient (Wildman–Crippen LogP) is 6.49. The number of benzene rings is 3. The Morgan fingerprint density at radius 2 is 1.75 bits per heavy atom. The van der Waals surface area contributed by atoms with E-state index < -0.39 is 5.92 Å². The van der Waals surface area contributed by atoms with Gasteiger partial charge in [0.15, 0.2) is 18.1 Å². The van der Waals surface area contributed by atoms with Gasteiger partial charge >= 0.3 is 4.87 Å². The van der Waals surface area contributed by atoms with Gasteiger partial charge in [0.1, 0.15) is 0 Å². The highest BCUT2D eigenvalue weighted by atomic mass is 35.5. The smallest absolute Gasteiger partial charge is 0.305 e. The molecule has 4 unspecified atom stereocenters. The average Bonchev–Trinajstić information content (AvgIpc) is 3.80. The van der Waals surface area contributed by atoms with Crippen molar-refractivity contribution in [2.45, 2.75) is 36.5 Å². The summed E-state index contributed by atoms with van der Waals surface area (Å²) < 4.78 is 12.0. The van der Waals surface area contributed by atoms with Gasteiger partial charge in [-0.2, -0.15) is 0 Å². The number of anilines is 2. The molecule has 0 radical (unpaired) electrons. The van der Waals surface area contributed by atoms with Crippen LogP contribution in [0.4, 0.5) is 11.4 Å². The van der Waals surface area contributed by atoms with Gasteiger partial charge in [0, 0.05) is 26.8 Å². The van der Waals surface area contributed by atoms with Crippen LogP contribution in [0.1, 0.15) is 35.3 Å². The number of carbonyl (C=O) groups is 3. The lowest BCUT2D eigenvalue weighted by Gasteiger charge is -2.43. The van der Waals surface area contributed by atoms with Crippen LogP contribution in [0.2, 0.25) is 5.02 Å². The number of carbonyl (C=O) groups excluding carboxylic acids is 3. The molecule has 1 aromatic heterocycles. The quantitative estimate of drug-likeness (QED) is 0.202. The van der Waals surface area contributed by atoms with Crippen LogP contribution in [0, 0.1) is 36.5 Å². The fraction of sp³-hybridized carbons (Fsp3) is 0.333. The molecule has 3 heterocycles. The van der Waals surface area contributed by atoms with Crippen molar-refractivity contribution in [3.05, 3.63) is 97.4 Å². The summed E-state index contributed by atoms with van der Waals surface area (Å²) in [6.45, 7) is 4.03. The third-order valence-corrected chi connectivity index (χ3v) is 12.9. The number of imide groups is 1. The van der Waals surface area contributed by atoms with Crippen LogP contribution in [0.25, 0.3) is 0 Å². The Morgan fingerprint density at radius 1 is 0.979 bits per heavy atom. The minimum Gasteiger partial charge on any atom is -0.490 e. The fourth-order valence-electron chi connectivity index (χ4n) is 8.40. The van der Waals surface area contributed by atoms with E-state index in [4.69, 9.17) is 21.1 Å². The van der Waals surface area contributed by atoms with Crippen LogP contribution in [-0.2, 0) is 14.4 Å². The van der Waals surface area contributed by atoms with Gasteiger partial charge in [-0.25, -0.2) is 0 Å². The number of aryl methyl sites for hydroxylation is 1. The molecule has 7 atom stereocenters. The number of rotatable bonds is 8. The molecule has 2 aliphatic carbocycles. The first kappa shape index (κ1) is 31.2. The predicted molar refractivity (Wildman–Crippen MR) is 185 cm³/mol. The van der Waals surface area contributed by atoms with Crippen LogP contribution in [-0.4, -0.2) is 41.2 Å². The van der Waals surface area contributed by atoms with E-state index in [-0.39, 0.29) is 64.0 Å². The SMILES string of the molecule is CCOc1cc([C@H]2c3sc(=O)[nH]c3SC3C2[C@H]2C[C@@H]3C3C(=O)N(c4ccc(Cl)cc4)C(=O)C32)ccc1OCC(=O)Nc1cccc(C)c1. The molecule has 1 saturated heterocycles. The second kappa shape index (κ2) is 12.1. The zero-order chi connectivity index (χ0) is 33.3. The summed E-state index contributed by atoms with van der Waals surface area (Å²) >= 11 is 8.95. The molecule has 4 aliphatic rings. The number of amides is 3. The van der Waals surface area contributed by atoms with Crippen LogP contribution < -0.4 is 24.6 Å². The normalized spacial score (nSPS) is 26.6. The van der Waals surface area contributed by atoms with E-state index >= 15 is 0 Å². The molecule has 0 spiro atoms. The van der Waals surface area contributed by atoms with Gasteiger partial charge in [-0.05, 0) is 97.7 Å². The number of thiazole rings is 1. The van der Waals surface area contributed by atoms with Gasteiger partial charge < -0.3 is 19.8 Å². The van der Waals surface area contributed by atoms with E-state index in [0.717, 1.165) is 27.5 Å². The van der Waals surface area contributed by atoms with Crippen molar-refractivity contribution in [2.24, 2.45) is 29.6 Å². The van der Waals surface area contributed by atoms with Gasteiger partial charge in [-0.15, -0.1) is 11.8 Å². The molecule has 12 heteroatoms. The van der Waals surface area contributed by atoms with E-state index in [2.05, 4.69) is 10.3 Å². The molecule has 2 aliphatic heterocycles. The summed E-state index contributed by atoms with van der Waals surface area (Å²) in [5, 5.41) is 4.29. The maximum atomic E-state index is 14.0. The summed E-state index contributed by atoms with van der Waals surface area (Å²) in [5.74, 6) is -0.639. The molecular formula is C36H32ClN3O6S2.